The van der Waals surface area contributed by atoms with E-state index in [-0.39, 0.29) is 23.7 Å². The second-order valence-corrected chi connectivity index (χ2v) is 11.0. The third kappa shape index (κ3) is 8.65. The lowest BCUT2D eigenvalue weighted by Gasteiger charge is -2.43. The summed E-state index contributed by atoms with van der Waals surface area (Å²) in [5.41, 5.74) is -0.651. The number of hydrogen-bond acceptors (Lipinski definition) is 5. The van der Waals surface area contributed by atoms with Gasteiger partial charge in [0.15, 0.2) is 11.6 Å². The Morgan fingerprint density at radius 1 is 1.15 bits per heavy atom. The van der Waals surface area contributed by atoms with Crippen molar-refractivity contribution in [3.8, 4) is 11.5 Å². The van der Waals surface area contributed by atoms with Crippen molar-refractivity contribution in [3.63, 3.8) is 0 Å². The van der Waals surface area contributed by atoms with Crippen LogP contribution in [0.25, 0.3) is 0 Å². The van der Waals surface area contributed by atoms with Gasteiger partial charge in [-0.25, -0.2) is 9.18 Å². The average molecular weight is 544 g/mol. The zero-order valence-electron chi connectivity index (χ0n) is 23.9. The molecule has 1 aliphatic rings. The van der Waals surface area contributed by atoms with Crippen LogP contribution in [0.3, 0.4) is 0 Å². The first kappa shape index (κ1) is 30.9. The Hall–Kier alpha value is -2.68. The van der Waals surface area contributed by atoms with Gasteiger partial charge in [-0.3, -0.25) is 0 Å². The molecule has 3 N–H and O–H groups in total. The van der Waals surface area contributed by atoms with Gasteiger partial charge in [-0.2, -0.15) is 0 Å². The van der Waals surface area contributed by atoms with E-state index in [2.05, 4.69) is 24.5 Å². The maximum atomic E-state index is 14.5. The Kier molecular flexibility index (Phi) is 12.0. The number of carbonyl (C=O) groups is 1. The van der Waals surface area contributed by atoms with Crippen LogP contribution < -0.4 is 15.4 Å². The molecule has 0 saturated carbocycles. The molecule has 3 rings (SSSR count). The molecule has 0 bridgehead atoms. The number of halogens is 1. The summed E-state index contributed by atoms with van der Waals surface area (Å²) in [5, 5.41) is 18.8. The van der Waals surface area contributed by atoms with Crippen molar-refractivity contribution in [2.24, 2.45) is 11.8 Å². The van der Waals surface area contributed by atoms with Gasteiger partial charge < -0.3 is 30.1 Å². The zero-order valence-corrected chi connectivity index (χ0v) is 23.9. The predicted octanol–water partition coefficient (Wildman–Crippen LogP) is 5.68. The summed E-state index contributed by atoms with van der Waals surface area (Å²) >= 11 is 0. The standard InChI is InChI=1S/C31H46FN3O4/c1-23(2)20-25(21-33-3)34-30(36)35-18-11-12-24(22-35)31(37,17-9-10-19-38-4)26-13-5-7-15-28(26)39-29-16-8-6-14-27(29)32/h5-8,13-16,23-25,33,37H,9-12,17-22H2,1-4H3,(H,34,36)/t24-,25+,31+/m1/s1. The largest absolute Gasteiger partial charge is 0.454 e. The van der Waals surface area contributed by atoms with Gasteiger partial charge in [0, 0.05) is 50.9 Å². The number of nitrogens with one attached hydrogen (secondary N) is 2. The number of unbranched alkanes of at least 4 members (excludes halogenated alkanes) is 1. The number of ether oxygens (including phenoxy) is 2. The maximum Gasteiger partial charge on any atom is 0.317 e. The van der Waals surface area contributed by atoms with Gasteiger partial charge in [-0.05, 0) is 69.7 Å². The SMILES string of the molecule is CNC[C@H](CC(C)C)NC(=O)N1CCC[C@@H]([C@@](O)(CCCCOC)c2ccccc2Oc2ccccc2F)C1. The molecule has 39 heavy (non-hydrogen) atoms. The number of aliphatic hydroxyl groups is 1. The highest BCUT2D eigenvalue weighted by atomic mass is 19.1. The number of likely N-dealkylation sites (N-methyl/N-ethyl adjacent to an activating group) is 1. The molecule has 0 aromatic heterocycles. The van der Waals surface area contributed by atoms with Crippen LogP contribution in [-0.2, 0) is 10.3 Å². The fourth-order valence-corrected chi connectivity index (χ4v) is 5.58. The fraction of sp³-hybridized carbons (Fsp3) is 0.581. The summed E-state index contributed by atoms with van der Waals surface area (Å²) in [4.78, 5) is 15.2. The summed E-state index contributed by atoms with van der Waals surface area (Å²) in [6.45, 7) is 6.67. The van der Waals surface area contributed by atoms with E-state index < -0.39 is 11.4 Å². The lowest BCUT2D eigenvalue weighted by molar-refractivity contribution is -0.0575. The Morgan fingerprint density at radius 2 is 1.87 bits per heavy atom. The van der Waals surface area contributed by atoms with Crippen LogP contribution >= 0.6 is 0 Å². The summed E-state index contributed by atoms with van der Waals surface area (Å²) in [5.74, 6) is 0.314. The lowest BCUT2D eigenvalue weighted by atomic mass is 9.73. The van der Waals surface area contributed by atoms with E-state index in [1.54, 1.807) is 31.4 Å². The second-order valence-electron chi connectivity index (χ2n) is 11.0. The monoisotopic (exact) mass is 543 g/mol. The van der Waals surface area contributed by atoms with E-state index in [9.17, 15) is 14.3 Å². The van der Waals surface area contributed by atoms with Crippen LogP contribution in [0.5, 0.6) is 11.5 Å². The fourth-order valence-electron chi connectivity index (χ4n) is 5.58. The number of para-hydroxylation sites is 2. The molecule has 1 saturated heterocycles. The zero-order chi connectivity index (χ0) is 28.3. The molecule has 1 aliphatic heterocycles. The third-order valence-corrected chi connectivity index (χ3v) is 7.48. The number of rotatable bonds is 14. The highest BCUT2D eigenvalue weighted by Gasteiger charge is 2.43. The van der Waals surface area contributed by atoms with Crippen LogP contribution in [0.4, 0.5) is 9.18 Å². The Bertz CT molecular complexity index is 1040. The molecule has 8 heteroatoms. The number of nitrogens with zero attached hydrogens (tertiary/aromatic N) is 1. The van der Waals surface area contributed by atoms with E-state index >= 15 is 0 Å². The number of urea groups is 1. The predicted molar refractivity (Wildman–Crippen MR) is 153 cm³/mol. The Labute approximate surface area is 233 Å². The first-order valence-electron chi connectivity index (χ1n) is 14.2. The molecule has 0 spiro atoms. The first-order chi connectivity index (χ1) is 18.8. The van der Waals surface area contributed by atoms with Crippen molar-refractivity contribution < 1.29 is 23.8 Å². The minimum absolute atomic E-state index is 0.0331. The lowest BCUT2D eigenvalue weighted by Crippen LogP contribution is -2.54. The number of piperidine rings is 1. The molecule has 0 unspecified atom stereocenters. The molecule has 0 aliphatic carbocycles. The number of benzene rings is 2. The van der Waals surface area contributed by atoms with Crippen LogP contribution in [-0.4, -0.2) is 62.5 Å². The quantitative estimate of drug-likeness (QED) is 0.267. The van der Waals surface area contributed by atoms with Crippen molar-refractivity contribution in [3.05, 3.63) is 59.9 Å². The molecule has 2 aromatic carbocycles. The van der Waals surface area contributed by atoms with E-state index in [1.165, 1.54) is 6.07 Å². The van der Waals surface area contributed by atoms with Gasteiger partial charge in [0.25, 0.3) is 0 Å². The van der Waals surface area contributed by atoms with Gasteiger partial charge in [-0.1, -0.05) is 44.2 Å². The second kappa shape index (κ2) is 15.2. The van der Waals surface area contributed by atoms with Crippen LogP contribution in [0.2, 0.25) is 0 Å². The van der Waals surface area contributed by atoms with E-state index in [4.69, 9.17) is 9.47 Å². The summed E-state index contributed by atoms with van der Waals surface area (Å²) < 4.78 is 25.7. The molecular weight excluding hydrogens is 497 g/mol. The summed E-state index contributed by atoms with van der Waals surface area (Å²) in [7, 11) is 3.56. The number of carbonyl (C=O) groups excluding carboxylic acids is 1. The number of methoxy groups -OCH3 is 1. The van der Waals surface area contributed by atoms with E-state index in [0.29, 0.717) is 49.9 Å². The minimum Gasteiger partial charge on any atom is -0.454 e. The molecule has 2 aromatic rings. The van der Waals surface area contributed by atoms with Crippen molar-refractivity contribution in [2.75, 3.05) is 40.4 Å². The molecular formula is C31H46FN3O4. The van der Waals surface area contributed by atoms with Gasteiger partial charge in [-0.15, -0.1) is 0 Å². The average Bonchev–Trinajstić information content (AvgIpc) is 2.92. The minimum atomic E-state index is -1.27. The smallest absolute Gasteiger partial charge is 0.317 e. The summed E-state index contributed by atoms with van der Waals surface area (Å²) in [6.07, 6.45) is 4.45. The Balaban J connectivity index is 1.87. The normalized spacial score (nSPS) is 18.0. The molecule has 2 amide bonds. The first-order valence-corrected chi connectivity index (χ1v) is 14.2. The van der Waals surface area contributed by atoms with Gasteiger partial charge in [0.2, 0.25) is 0 Å². The molecule has 1 heterocycles. The number of amides is 2. The van der Waals surface area contributed by atoms with Gasteiger partial charge in [0.05, 0.1) is 5.60 Å². The molecule has 1 fully saturated rings. The molecule has 3 atom stereocenters. The topological polar surface area (TPSA) is 83.1 Å². The Morgan fingerprint density at radius 3 is 2.56 bits per heavy atom. The summed E-state index contributed by atoms with van der Waals surface area (Å²) in [6, 6.07) is 13.5. The molecule has 216 valence electrons. The third-order valence-electron chi connectivity index (χ3n) is 7.48. The maximum absolute atomic E-state index is 14.5. The van der Waals surface area contributed by atoms with Crippen LogP contribution in [0.15, 0.2) is 48.5 Å². The highest BCUT2D eigenvalue weighted by Crippen LogP contribution is 2.44. The molecule has 7 nitrogen and oxygen atoms in total. The van der Waals surface area contributed by atoms with E-state index in [1.807, 2.05) is 30.1 Å². The van der Waals surface area contributed by atoms with E-state index in [0.717, 1.165) is 32.1 Å². The van der Waals surface area contributed by atoms with Gasteiger partial charge >= 0.3 is 6.03 Å². The number of hydrogen-bond donors (Lipinski definition) is 3. The van der Waals surface area contributed by atoms with Crippen molar-refractivity contribution in [1.82, 2.24) is 15.5 Å². The van der Waals surface area contributed by atoms with Gasteiger partial charge in [0.1, 0.15) is 5.75 Å². The van der Waals surface area contributed by atoms with Crippen molar-refractivity contribution >= 4 is 6.03 Å². The highest BCUT2D eigenvalue weighted by molar-refractivity contribution is 5.74. The van der Waals surface area contributed by atoms with Crippen molar-refractivity contribution in [1.29, 1.82) is 0 Å². The van der Waals surface area contributed by atoms with Crippen LogP contribution in [0.1, 0.15) is 57.9 Å². The number of likely N-dealkylation sites (tertiary alicyclic amines) is 1. The van der Waals surface area contributed by atoms with Crippen molar-refractivity contribution in [2.45, 2.75) is 64.0 Å². The van der Waals surface area contributed by atoms with Crippen LogP contribution in [0, 0.1) is 17.7 Å². The molecule has 0 radical (unpaired) electrons.